The van der Waals surface area contributed by atoms with E-state index >= 15 is 0 Å². The number of carbonyl (C=O) groups is 6. The Balaban J connectivity index is 0.893. The number of hydrogen-bond acceptors (Lipinski definition) is 11. The first kappa shape index (κ1) is 57.0. The molecule has 2 aromatic heterocycles. The topological polar surface area (TPSA) is 204 Å². The van der Waals surface area contributed by atoms with Crippen LogP contribution >= 0.6 is 11.3 Å². The lowest BCUT2D eigenvalue weighted by atomic mass is 9.81. The lowest BCUT2D eigenvalue weighted by Crippen LogP contribution is -2.57. The van der Waals surface area contributed by atoms with E-state index in [2.05, 4.69) is 31.6 Å². The molecule has 2 aliphatic carbocycles. The molecule has 5 N–H and O–H groups in total. The minimum Gasteiger partial charge on any atom is -0.495 e. The van der Waals surface area contributed by atoms with Crippen molar-refractivity contribution in [2.45, 2.75) is 128 Å². The van der Waals surface area contributed by atoms with Crippen LogP contribution in [0.5, 0.6) is 5.75 Å². The number of pyridine rings is 1. The van der Waals surface area contributed by atoms with Gasteiger partial charge in [0.15, 0.2) is 5.13 Å². The van der Waals surface area contributed by atoms with Crippen molar-refractivity contribution in [3.05, 3.63) is 95.3 Å². The Labute approximate surface area is 446 Å². The third-order valence-corrected chi connectivity index (χ3v) is 15.6. The summed E-state index contributed by atoms with van der Waals surface area (Å²) in [5.41, 5.74) is 3.42. The number of benzene rings is 2. The fourth-order valence-corrected chi connectivity index (χ4v) is 11.1. The van der Waals surface area contributed by atoms with Gasteiger partial charge in [-0.1, -0.05) is 97.3 Å². The van der Waals surface area contributed by atoms with Crippen LogP contribution in [0.4, 0.5) is 23.3 Å². The van der Waals surface area contributed by atoms with E-state index < -0.39 is 36.1 Å². The average Bonchev–Trinajstić information content (AvgIpc) is 4.09. The molecule has 3 heterocycles. The second-order valence-corrected chi connectivity index (χ2v) is 21.1. The van der Waals surface area contributed by atoms with E-state index in [1.54, 1.807) is 49.0 Å². The zero-order chi connectivity index (χ0) is 54.4. The molecule has 3 atom stereocenters. The minimum absolute atomic E-state index is 0.0125. The largest absolute Gasteiger partial charge is 0.495 e. The number of carbonyl (C=O) groups excluding carboxylic acids is 6. The Morgan fingerprint density at radius 2 is 1.64 bits per heavy atom. The molecule has 3 aliphatic rings. The van der Waals surface area contributed by atoms with Gasteiger partial charge in [0, 0.05) is 44.2 Å². The molecule has 7 rings (SSSR count). The van der Waals surface area contributed by atoms with E-state index in [1.807, 2.05) is 54.6 Å². The van der Waals surface area contributed by atoms with Crippen molar-refractivity contribution in [2.75, 3.05) is 44.9 Å². The maximum absolute atomic E-state index is 14.3. The molecule has 3 fully saturated rings. The van der Waals surface area contributed by atoms with Gasteiger partial charge in [0.1, 0.15) is 34.2 Å². The van der Waals surface area contributed by atoms with Crippen molar-refractivity contribution < 1.29 is 46.7 Å². The lowest BCUT2D eigenvalue weighted by molar-refractivity contribution is -0.183. The zero-order valence-electron chi connectivity index (χ0n) is 43.7. The van der Waals surface area contributed by atoms with Gasteiger partial charge in [-0.05, 0) is 101 Å². The molecule has 20 heteroatoms. The van der Waals surface area contributed by atoms with E-state index in [4.69, 9.17) is 9.72 Å². The summed E-state index contributed by atoms with van der Waals surface area (Å²) in [4.78, 5) is 93.5. The number of likely N-dealkylation sites (N-methyl/N-ethyl adjacent to an activating group) is 2. The summed E-state index contributed by atoms with van der Waals surface area (Å²) in [6.07, 6.45) is 8.26. The lowest BCUT2D eigenvalue weighted by Gasteiger charge is -2.35. The molecule has 6 amide bonds. The normalized spacial score (nSPS) is 18.9. The van der Waals surface area contributed by atoms with Crippen molar-refractivity contribution in [2.24, 2.45) is 17.8 Å². The number of halogens is 3. The fraction of sp³-hybridized carbons (Fsp3) is 0.500. The highest BCUT2D eigenvalue weighted by Gasteiger charge is 2.42. The van der Waals surface area contributed by atoms with Gasteiger partial charge in [-0.3, -0.25) is 28.8 Å². The second kappa shape index (κ2) is 26.9. The number of rotatable bonds is 21. The van der Waals surface area contributed by atoms with E-state index in [0.717, 1.165) is 60.1 Å². The molecular formula is C56H70F3N9O7S. The van der Waals surface area contributed by atoms with E-state index in [-0.39, 0.29) is 84.4 Å². The van der Waals surface area contributed by atoms with Gasteiger partial charge in [-0.15, -0.1) is 0 Å². The van der Waals surface area contributed by atoms with Gasteiger partial charge in [0.2, 0.25) is 29.5 Å². The summed E-state index contributed by atoms with van der Waals surface area (Å²) in [5, 5.41) is 15.4. The molecule has 0 radical (unpaired) electrons. The number of aromatic nitrogens is 2. The van der Waals surface area contributed by atoms with Crippen molar-refractivity contribution in [1.82, 2.24) is 35.7 Å². The predicted octanol–water partition coefficient (Wildman–Crippen LogP) is 8.55. The van der Waals surface area contributed by atoms with Crippen LogP contribution in [0.15, 0.2) is 72.9 Å². The van der Waals surface area contributed by atoms with Crippen molar-refractivity contribution in [1.29, 1.82) is 0 Å². The monoisotopic (exact) mass is 1070 g/mol. The van der Waals surface area contributed by atoms with Crippen LogP contribution in [0.25, 0.3) is 17.3 Å². The van der Waals surface area contributed by atoms with Gasteiger partial charge in [0.25, 0.3) is 5.91 Å². The van der Waals surface area contributed by atoms with E-state index in [1.165, 1.54) is 13.3 Å². The number of allylic oxidation sites excluding steroid dienone is 1. The van der Waals surface area contributed by atoms with E-state index in [0.29, 0.717) is 67.2 Å². The summed E-state index contributed by atoms with van der Waals surface area (Å²) in [6.45, 7) is 2.60. The van der Waals surface area contributed by atoms with Crippen molar-refractivity contribution in [3.8, 4) is 17.0 Å². The number of nitrogens with one attached hydrogen (secondary N) is 5. The van der Waals surface area contributed by atoms with E-state index in [9.17, 15) is 41.9 Å². The van der Waals surface area contributed by atoms with Gasteiger partial charge < -0.3 is 41.1 Å². The minimum atomic E-state index is -4.18. The van der Waals surface area contributed by atoms with Crippen LogP contribution in [0.1, 0.15) is 118 Å². The first-order chi connectivity index (χ1) is 36.5. The Morgan fingerprint density at radius 3 is 2.36 bits per heavy atom. The number of anilines is 2. The Bertz CT molecular complexity index is 2690. The molecule has 16 nitrogen and oxygen atoms in total. The summed E-state index contributed by atoms with van der Waals surface area (Å²) in [6, 6.07) is 16.2. The Kier molecular flexibility index (Phi) is 20.2. The molecule has 2 aromatic carbocycles. The van der Waals surface area contributed by atoms with Crippen LogP contribution in [0.2, 0.25) is 0 Å². The SMILES string of the molecule is CNC(C)C(=O)N[C@H](C(=O)N1CCC[C@H]1C(=O)Nc1sc(NC(=O)CCCN(C)C(=O)Cc2cccc(CNC(=O)c3cc(/C=C/[C@H]4CC[C@H](C(F)(F)F)CC4)c(OC)cn3)c2)nc1-c1ccccc1)C1CCCCC1. The van der Waals surface area contributed by atoms with Gasteiger partial charge in [-0.25, -0.2) is 9.97 Å². The molecule has 4 aromatic rings. The molecule has 0 bridgehead atoms. The number of alkyl halides is 3. The second-order valence-electron chi connectivity index (χ2n) is 20.1. The van der Waals surface area contributed by atoms with Gasteiger partial charge in [0.05, 0.1) is 31.7 Å². The van der Waals surface area contributed by atoms with Gasteiger partial charge in [-0.2, -0.15) is 13.2 Å². The summed E-state index contributed by atoms with van der Waals surface area (Å²) >= 11 is 1.12. The molecule has 1 aliphatic heterocycles. The highest BCUT2D eigenvalue weighted by molar-refractivity contribution is 7.20. The molecule has 76 heavy (non-hydrogen) atoms. The quantitative estimate of drug-likeness (QED) is 0.0538. The standard InChI is InChI=1S/C56H70F3N9O7S/c1-35(60-2)50(71)64-49(40-18-9-6-10-19-40)54(74)68-29-12-20-44(68)52(73)66-53-48(39-16-7-5-8-17-39)65-55(76-53)63-46(69)21-13-28-67(3)47(70)31-37-14-11-15-38(30-37)33-62-51(72)43-32-41(45(75-4)34-61-43)25-22-36-23-26-42(27-24-36)56(57,58)59/h5,7-8,11,14-17,22,25,30,32,34-36,40,42,44,49,60H,6,9-10,12-13,18-21,23-24,26-29,31,33H2,1-4H3,(H,62,72)(H,64,71)(H,66,73)(H,63,65,69)/b25-22+/t35?,36-,42-,44-,49-/m0/s1. The summed E-state index contributed by atoms with van der Waals surface area (Å²) in [7, 11) is 4.84. The van der Waals surface area contributed by atoms with Crippen LogP contribution < -0.4 is 31.3 Å². The van der Waals surface area contributed by atoms with Gasteiger partial charge >= 0.3 is 6.18 Å². The third kappa shape index (κ3) is 15.5. The number of ether oxygens (including phenoxy) is 1. The smallest absolute Gasteiger partial charge is 0.391 e. The number of thiazole rings is 1. The maximum atomic E-state index is 14.3. The number of hydrogen-bond donors (Lipinski definition) is 5. The molecule has 1 unspecified atom stereocenters. The molecule has 2 saturated carbocycles. The van der Waals surface area contributed by atoms with Crippen LogP contribution in [0, 0.1) is 17.8 Å². The maximum Gasteiger partial charge on any atom is 0.391 e. The number of nitrogens with zero attached hydrogens (tertiary/aromatic N) is 4. The average molecular weight is 1070 g/mol. The summed E-state index contributed by atoms with van der Waals surface area (Å²) < 4.78 is 44.9. The van der Waals surface area contributed by atoms with Crippen LogP contribution in [-0.2, 0) is 36.9 Å². The number of likely N-dealkylation sites (tertiary alicyclic amines) is 1. The first-order valence-electron chi connectivity index (χ1n) is 26.3. The Morgan fingerprint density at radius 1 is 0.908 bits per heavy atom. The first-order valence-corrected chi connectivity index (χ1v) is 27.2. The number of methoxy groups -OCH3 is 1. The fourth-order valence-electron chi connectivity index (χ4n) is 10.2. The zero-order valence-corrected chi connectivity index (χ0v) is 44.5. The van der Waals surface area contributed by atoms with Crippen molar-refractivity contribution in [3.63, 3.8) is 0 Å². The van der Waals surface area contributed by atoms with Crippen LogP contribution in [0.3, 0.4) is 0 Å². The highest BCUT2D eigenvalue weighted by Crippen LogP contribution is 2.41. The summed E-state index contributed by atoms with van der Waals surface area (Å²) in [5.74, 6) is -2.66. The Hall–Kier alpha value is -6.67. The molecular weight excluding hydrogens is 1000 g/mol. The molecule has 1 saturated heterocycles. The third-order valence-electron chi connectivity index (χ3n) is 14.8. The van der Waals surface area contributed by atoms with Crippen LogP contribution in [-0.4, -0.2) is 114 Å². The molecule has 408 valence electrons. The highest BCUT2D eigenvalue weighted by atomic mass is 32.1. The predicted molar refractivity (Wildman–Crippen MR) is 286 cm³/mol. The molecule has 0 spiro atoms. The van der Waals surface area contributed by atoms with Crippen molar-refractivity contribution >= 4 is 63.0 Å². The number of amides is 6.